The summed E-state index contributed by atoms with van der Waals surface area (Å²) in [6, 6.07) is 0. The fraction of sp³-hybridized carbons (Fsp3) is 0.700. The maximum atomic E-state index is 10.9. The fourth-order valence-corrected chi connectivity index (χ4v) is 0.718. The highest BCUT2D eigenvalue weighted by Gasteiger charge is 2.01. The number of hydrogen-bond donors (Lipinski definition) is 0. The lowest BCUT2D eigenvalue weighted by molar-refractivity contribution is -0.149. The number of unbranched alkanes of at least 4 members (excludes halogenated alkanes) is 1. The summed E-state index contributed by atoms with van der Waals surface area (Å²) in [4.78, 5) is 10.9. The molecular formula is C10H18O4. The summed E-state index contributed by atoms with van der Waals surface area (Å²) in [7, 11) is 0. The number of carbonyl (C=O) groups is 1. The Morgan fingerprint density at radius 2 is 2.14 bits per heavy atom. The van der Waals surface area contributed by atoms with Crippen LogP contribution in [0.2, 0.25) is 0 Å². The van der Waals surface area contributed by atoms with Crippen molar-refractivity contribution in [1.29, 1.82) is 0 Å². The van der Waals surface area contributed by atoms with E-state index in [1.807, 2.05) is 6.92 Å². The molecule has 0 radical (unpaired) electrons. The van der Waals surface area contributed by atoms with Gasteiger partial charge in [-0.25, -0.2) is 4.79 Å². The summed E-state index contributed by atoms with van der Waals surface area (Å²) < 4.78 is 14.6. The normalized spacial score (nSPS) is 9.50. The lowest BCUT2D eigenvalue weighted by Crippen LogP contribution is -2.15. The van der Waals surface area contributed by atoms with Crippen LogP contribution in [0.15, 0.2) is 12.8 Å². The third-order valence-corrected chi connectivity index (χ3v) is 1.44. The van der Waals surface area contributed by atoms with Crippen molar-refractivity contribution in [2.24, 2.45) is 0 Å². The molecule has 0 heterocycles. The first-order valence-electron chi connectivity index (χ1n) is 4.77. The van der Waals surface area contributed by atoms with Gasteiger partial charge in [-0.1, -0.05) is 19.9 Å². The highest BCUT2D eigenvalue weighted by molar-refractivity contribution is 5.70. The summed E-state index contributed by atoms with van der Waals surface area (Å²) in [6.45, 7) is 6.66. The molecule has 0 aliphatic heterocycles. The molecule has 0 saturated heterocycles. The van der Waals surface area contributed by atoms with Gasteiger partial charge in [0.2, 0.25) is 0 Å². The second-order valence-electron chi connectivity index (χ2n) is 2.66. The van der Waals surface area contributed by atoms with Gasteiger partial charge in [-0.05, 0) is 6.42 Å². The first-order valence-corrected chi connectivity index (χ1v) is 4.77. The van der Waals surface area contributed by atoms with Crippen molar-refractivity contribution >= 4 is 5.97 Å². The van der Waals surface area contributed by atoms with Crippen molar-refractivity contribution < 1.29 is 19.0 Å². The number of rotatable bonds is 9. The summed E-state index contributed by atoms with van der Waals surface area (Å²) >= 11 is 0. The van der Waals surface area contributed by atoms with Crippen molar-refractivity contribution in [2.45, 2.75) is 19.8 Å². The molecule has 4 nitrogen and oxygen atoms in total. The quantitative estimate of drug-likeness (QED) is 0.323. The van der Waals surface area contributed by atoms with Gasteiger partial charge in [-0.15, -0.1) is 0 Å². The molecule has 0 spiro atoms. The first-order chi connectivity index (χ1) is 6.81. The largest absolute Gasteiger partial charge is 0.499 e. The summed E-state index contributed by atoms with van der Waals surface area (Å²) in [5.74, 6) is -0.322. The predicted molar refractivity (Wildman–Crippen MR) is 52.8 cm³/mol. The molecular weight excluding hydrogens is 184 g/mol. The Morgan fingerprint density at radius 1 is 1.36 bits per heavy atom. The van der Waals surface area contributed by atoms with Gasteiger partial charge in [0.05, 0.1) is 19.5 Å². The lowest BCUT2D eigenvalue weighted by Gasteiger charge is -2.04. The topological polar surface area (TPSA) is 44.8 Å². The van der Waals surface area contributed by atoms with E-state index in [1.54, 1.807) is 0 Å². The second kappa shape index (κ2) is 10.1. The van der Waals surface area contributed by atoms with E-state index in [9.17, 15) is 4.79 Å². The van der Waals surface area contributed by atoms with Gasteiger partial charge in [-0.3, -0.25) is 0 Å². The molecule has 0 aliphatic rings. The summed E-state index contributed by atoms with van der Waals surface area (Å²) in [6.07, 6.45) is 3.25. The molecule has 0 amide bonds. The molecule has 0 aromatic heterocycles. The average Bonchev–Trinajstić information content (AvgIpc) is 2.18. The zero-order valence-electron chi connectivity index (χ0n) is 8.66. The van der Waals surface area contributed by atoms with Crippen LogP contribution in [0.5, 0.6) is 0 Å². The lowest BCUT2D eigenvalue weighted by atomic mass is 10.4. The molecule has 0 aromatic rings. The molecule has 14 heavy (non-hydrogen) atoms. The molecule has 0 aromatic carbocycles. The zero-order valence-corrected chi connectivity index (χ0v) is 8.66. The molecule has 0 unspecified atom stereocenters. The Kier molecular flexibility index (Phi) is 9.31. The van der Waals surface area contributed by atoms with E-state index < -0.39 is 0 Å². The second-order valence-corrected chi connectivity index (χ2v) is 2.66. The average molecular weight is 202 g/mol. The minimum absolute atomic E-state index is 0.00971. The molecule has 0 saturated carbocycles. The van der Waals surface area contributed by atoms with E-state index in [4.69, 9.17) is 14.2 Å². The highest BCUT2D eigenvalue weighted by Crippen LogP contribution is 1.89. The van der Waals surface area contributed by atoms with E-state index in [0.29, 0.717) is 19.8 Å². The van der Waals surface area contributed by atoms with E-state index in [2.05, 4.69) is 6.58 Å². The Bertz CT molecular complexity index is 156. The van der Waals surface area contributed by atoms with Crippen LogP contribution < -0.4 is 0 Å². The smallest absolute Gasteiger partial charge is 0.332 e. The maximum Gasteiger partial charge on any atom is 0.332 e. The van der Waals surface area contributed by atoms with Crippen molar-refractivity contribution in [2.75, 3.05) is 26.4 Å². The van der Waals surface area contributed by atoms with Gasteiger partial charge >= 0.3 is 5.97 Å². The Balaban J connectivity index is 3.14. The molecule has 0 bridgehead atoms. The van der Waals surface area contributed by atoms with Crippen LogP contribution in [0, 0.1) is 0 Å². The minimum atomic E-state index is -0.322. The monoisotopic (exact) mass is 202 g/mol. The molecule has 0 atom stereocenters. The minimum Gasteiger partial charge on any atom is -0.499 e. The van der Waals surface area contributed by atoms with Crippen molar-refractivity contribution in [3.8, 4) is 0 Å². The van der Waals surface area contributed by atoms with Gasteiger partial charge in [0.25, 0.3) is 0 Å². The molecule has 4 heteroatoms. The molecule has 0 rings (SSSR count). The van der Waals surface area contributed by atoms with Crippen LogP contribution in [0.3, 0.4) is 0 Å². The number of ether oxygens (including phenoxy) is 3. The highest BCUT2D eigenvalue weighted by atomic mass is 16.6. The van der Waals surface area contributed by atoms with Crippen LogP contribution in [-0.4, -0.2) is 32.4 Å². The molecule has 82 valence electrons. The van der Waals surface area contributed by atoms with Gasteiger partial charge in [0.15, 0.2) is 0 Å². The third kappa shape index (κ3) is 9.06. The maximum absolute atomic E-state index is 10.9. The Morgan fingerprint density at radius 3 is 2.79 bits per heavy atom. The summed E-state index contributed by atoms with van der Waals surface area (Å²) in [5.41, 5.74) is 0. The predicted octanol–water partition coefficient (Wildman–Crippen LogP) is 1.51. The Labute approximate surface area is 84.8 Å². The van der Waals surface area contributed by atoms with Gasteiger partial charge in [-0.2, -0.15) is 0 Å². The van der Waals surface area contributed by atoms with Crippen LogP contribution in [-0.2, 0) is 19.0 Å². The number of hydrogen-bond acceptors (Lipinski definition) is 4. The van der Waals surface area contributed by atoms with E-state index in [1.165, 1.54) is 6.26 Å². The van der Waals surface area contributed by atoms with Gasteiger partial charge < -0.3 is 14.2 Å². The van der Waals surface area contributed by atoms with Crippen LogP contribution in [0.25, 0.3) is 0 Å². The SMILES string of the molecule is C=COCCOCC(=O)OCCCC. The van der Waals surface area contributed by atoms with Crippen LogP contribution in [0.1, 0.15) is 19.8 Å². The van der Waals surface area contributed by atoms with E-state index in [0.717, 1.165) is 12.8 Å². The standard InChI is InChI=1S/C10H18O4/c1-3-5-6-14-10(11)9-13-8-7-12-4-2/h4H,2-3,5-9H2,1H3. The van der Waals surface area contributed by atoms with Gasteiger partial charge in [0, 0.05) is 0 Å². The Hall–Kier alpha value is -1.03. The third-order valence-electron chi connectivity index (χ3n) is 1.44. The van der Waals surface area contributed by atoms with Gasteiger partial charge in [0.1, 0.15) is 13.2 Å². The van der Waals surface area contributed by atoms with E-state index >= 15 is 0 Å². The molecule has 0 N–H and O–H groups in total. The van der Waals surface area contributed by atoms with Crippen molar-refractivity contribution in [1.82, 2.24) is 0 Å². The van der Waals surface area contributed by atoms with Crippen LogP contribution in [0.4, 0.5) is 0 Å². The van der Waals surface area contributed by atoms with E-state index in [-0.39, 0.29) is 12.6 Å². The summed E-state index contributed by atoms with van der Waals surface area (Å²) in [5, 5.41) is 0. The fourth-order valence-electron chi connectivity index (χ4n) is 0.718. The number of esters is 1. The first kappa shape index (κ1) is 13.0. The molecule has 0 fully saturated rings. The van der Waals surface area contributed by atoms with Crippen LogP contribution >= 0.6 is 0 Å². The van der Waals surface area contributed by atoms with Crippen molar-refractivity contribution in [3.05, 3.63) is 12.8 Å². The molecule has 0 aliphatic carbocycles. The zero-order chi connectivity index (χ0) is 10.6. The van der Waals surface area contributed by atoms with Crippen molar-refractivity contribution in [3.63, 3.8) is 0 Å². The number of carbonyl (C=O) groups excluding carboxylic acids is 1.